The Morgan fingerprint density at radius 3 is 2.60 bits per heavy atom. The lowest BCUT2D eigenvalue weighted by molar-refractivity contribution is 0.0928. The van der Waals surface area contributed by atoms with Crippen LogP contribution in [0.2, 0.25) is 0 Å². The molecule has 1 unspecified atom stereocenters. The minimum absolute atomic E-state index is 0.0608. The molecule has 0 saturated carbocycles. The van der Waals surface area contributed by atoms with E-state index in [0.29, 0.717) is 17.2 Å². The third kappa shape index (κ3) is 2.96. The van der Waals surface area contributed by atoms with Gasteiger partial charge in [-0.05, 0) is 12.8 Å². The van der Waals surface area contributed by atoms with Crippen molar-refractivity contribution in [3.05, 3.63) is 16.3 Å². The summed E-state index contributed by atoms with van der Waals surface area (Å²) in [5.41, 5.74) is 0.620. The normalized spacial score (nSPS) is 12.6. The van der Waals surface area contributed by atoms with Gasteiger partial charge in [0.2, 0.25) is 0 Å². The van der Waals surface area contributed by atoms with E-state index in [4.69, 9.17) is 4.74 Å². The fourth-order valence-electron chi connectivity index (χ4n) is 1.06. The van der Waals surface area contributed by atoms with Gasteiger partial charge in [0.1, 0.15) is 5.75 Å². The van der Waals surface area contributed by atoms with Crippen LogP contribution in [0.5, 0.6) is 5.75 Å². The number of ether oxygens (including phenoxy) is 1. The molecule has 1 atom stereocenters. The van der Waals surface area contributed by atoms with Gasteiger partial charge in [-0.1, -0.05) is 13.8 Å². The van der Waals surface area contributed by atoms with E-state index >= 15 is 0 Å². The first-order valence-corrected chi connectivity index (χ1v) is 5.91. The van der Waals surface area contributed by atoms with Crippen LogP contribution in [-0.2, 0) is 0 Å². The maximum atomic E-state index is 11.8. The number of thiophene rings is 1. The molecule has 0 bridgehead atoms. The van der Waals surface area contributed by atoms with Crippen molar-refractivity contribution in [3.63, 3.8) is 0 Å². The highest BCUT2D eigenvalue weighted by Crippen LogP contribution is 2.23. The second-order valence-corrected chi connectivity index (χ2v) is 4.60. The fourth-order valence-corrected chi connectivity index (χ4v) is 1.83. The van der Waals surface area contributed by atoms with E-state index in [-0.39, 0.29) is 11.9 Å². The molecule has 1 heterocycles. The van der Waals surface area contributed by atoms with E-state index < -0.39 is 0 Å². The van der Waals surface area contributed by atoms with Crippen LogP contribution >= 0.6 is 11.3 Å². The van der Waals surface area contributed by atoms with Gasteiger partial charge in [0.15, 0.2) is 0 Å². The first-order valence-electron chi connectivity index (χ1n) is 4.97. The van der Waals surface area contributed by atoms with Gasteiger partial charge in [-0.25, -0.2) is 0 Å². The topological polar surface area (TPSA) is 38.3 Å². The molecule has 1 N–H and O–H groups in total. The molecular formula is C11H17NO2S. The smallest absolute Gasteiger partial charge is 0.256 e. The molecule has 0 radical (unpaired) electrons. The number of hydrogen-bond acceptors (Lipinski definition) is 3. The standard InChI is InChI=1S/C11H17NO2S/c1-7(2)8(3)12-11(13)9-5-15-6-10(9)14-4/h5-8H,1-4H3,(H,12,13). The van der Waals surface area contributed by atoms with E-state index in [2.05, 4.69) is 19.2 Å². The summed E-state index contributed by atoms with van der Waals surface area (Å²) in [6.45, 7) is 6.16. The van der Waals surface area contributed by atoms with Gasteiger partial charge >= 0.3 is 0 Å². The van der Waals surface area contributed by atoms with E-state index in [1.54, 1.807) is 12.5 Å². The number of methoxy groups -OCH3 is 1. The summed E-state index contributed by atoms with van der Waals surface area (Å²) in [6.07, 6.45) is 0. The molecule has 15 heavy (non-hydrogen) atoms. The molecule has 4 heteroatoms. The number of amides is 1. The molecule has 0 saturated heterocycles. The molecule has 0 aliphatic rings. The Morgan fingerprint density at radius 1 is 1.40 bits per heavy atom. The minimum Gasteiger partial charge on any atom is -0.495 e. The summed E-state index contributed by atoms with van der Waals surface area (Å²) in [5.74, 6) is 1.02. The average molecular weight is 227 g/mol. The summed E-state index contributed by atoms with van der Waals surface area (Å²) in [6, 6.07) is 0.169. The largest absolute Gasteiger partial charge is 0.495 e. The highest BCUT2D eigenvalue weighted by molar-refractivity contribution is 7.08. The number of carbonyl (C=O) groups is 1. The van der Waals surface area contributed by atoms with Crippen molar-refractivity contribution < 1.29 is 9.53 Å². The van der Waals surface area contributed by atoms with Gasteiger partial charge in [-0.15, -0.1) is 11.3 Å². The first kappa shape index (κ1) is 12.0. The Morgan fingerprint density at radius 2 is 2.07 bits per heavy atom. The van der Waals surface area contributed by atoms with Crippen LogP contribution in [0.25, 0.3) is 0 Å². The maximum Gasteiger partial charge on any atom is 0.256 e. The maximum absolute atomic E-state index is 11.8. The number of rotatable bonds is 4. The lowest BCUT2D eigenvalue weighted by Gasteiger charge is -2.17. The van der Waals surface area contributed by atoms with Crippen LogP contribution in [0.3, 0.4) is 0 Å². The Hall–Kier alpha value is -1.03. The third-order valence-corrected chi connectivity index (χ3v) is 3.17. The van der Waals surface area contributed by atoms with Gasteiger partial charge in [0.05, 0.1) is 12.7 Å². The molecule has 84 valence electrons. The van der Waals surface area contributed by atoms with Crippen molar-refractivity contribution in [2.75, 3.05) is 7.11 Å². The number of hydrogen-bond donors (Lipinski definition) is 1. The fraction of sp³-hybridized carbons (Fsp3) is 0.545. The van der Waals surface area contributed by atoms with Crippen LogP contribution in [0.4, 0.5) is 0 Å². The van der Waals surface area contributed by atoms with E-state index in [0.717, 1.165) is 0 Å². The van der Waals surface area contributed by atoms with E-state index in [1.165, 1.54) is 11.3 Å². The van der Waals surface area contributed by atoms with Crippen LogP contribution in [0.15, 0.2) is 10.8 Å². The Kier molecular flexibility index (Phi) is 4.15. The SMILES string of the molecule is COc1cscc1C(=O)NC(C)C(C)C. The van der Waals surface area contributed by atoms with Crippen LogP contribution < -0.4 is 10.1 Å². The van der Waals surface area contributed by atoms with E-state index in [1.807, 2.05) is 12.3 Å². The minimum atomic E-state index is -0.0608. The van der Waals surface area contributed by atoms with Crippen LogP contribution in [0.1, 0.15) is 31.1 Å². The summed E-state index contributed by atoms with van der Waals surface area (Å²) in [5, 5.41) is 6.58. The highest BCUT2D eigenvalue weighted by Gasteiger charge is 2.16. The Bertz CT molecular complexity index is 333. The molecule has 1 rings (SSSR count). The zero-order chi connectivity index (χ0) is 11.4. The number of nitrogens with one attached hydrogen (secondary N) is 1. The van der Waals surface area contributed by atoms with Gasteiger partial charge in [0, 0.05) is 16.8 Å². The molecule has 1 aromatic rings. The molecule has 3 nitrogen and oxygen atoms in total. The van der Waals surface area contributed by atoms with Gasteiger partial charge in [0.25, 0.3) is 5.91 Å². The molecule has 0 aromatic carbocycles. The molecular weight excluding hydrogens is 210 g/mol. The van der Waals surface area contributed by atoms with Crippen molar-refractivity contribution in [2.24, 2.45) is 5.92 Å². The average Bonchev–Trinajstić information content (AvgIpc) is 2.64. The lowest BCUT2D eigenvalue weighted by Crippen LogP contribution is -2.36. The molecule has 0 aliphatic heterocycles. The van der Waals surface area contributed by atoms with Crippen molar-refractivity contribution in [1.29, 1.82) is 0 Å². The lowest BCUT2D eigenvalue weighted by atomic mass is 10.1. The molecule has 0 aliphatic carbocycles. The molecule has 1 amide bonds. The predicted molar refractivity (Wildman–Crippen MR) is 62.6 cm³/mol. The van der Waals surface area contributed by atoms with Crippen LogP contribution in [-0.4, -0.2) is 19.1 Å². The zero-order valence-corrected chi connectivity index (χ0v) is 10.4. The van der Waals surface area contributed by atoms with Gasteiger partial charge in [-0.2, -0.15) is 0 Å². The van der Waals surface area contributed by atoms with Crippen molar-refractivity contribution in [2.45, 2.75) is 26.8 Å². The second-order valence-electron chi connectivity index (χ2n) is 3.86. The number of carbonyl (C=O) groups excluding carboxylic acids is 1. The summed E-state index contributed by atoms with van der Waals surface area (Å²) in [7, 11) is 1.57. The predicted octanol–water partition coefficient (Wildman–Crippen LogP) is 2.53. The highest BCUT2D eigenvalue weighted by atomic mass is 32.1. The van der Waals surface area contributed by atoms with Gasteiger partial charge < -0.3 is 10.1 Å². The summed E-state index contributed by atoms with van der Waals surface area (Å²) < 4.78 is 5.10. The Balaban J connectivity index is 2.69. The van der Waals surface area contributed by atoms with Crippen molar-refractivity contribution in [3.8, 4) is 5.75 Å². The Labute approximate surface area is 94.5 Å². The zero-order valence-electron chi connectivity index (χ0n) is 9.53. The third-order valence-electron chi connectivity index (χ3n) is 2.45. The molecule has 0 fully saturated rings. The summed E-state index contributed by atoms with van der Waals surface area (Å²) >= 11 is 1.47. The van der Waals surface area contributed by atoms with E-state index in [9.17, 15) is 4.79 Å². The van der Waals surface area contributed by atoms with Crippen molar-refractivity contribution >= 4 is 17.2 Å². The molecule has 1 aromatic heterocycles. The molecule has 0 spiro atoms. The van der Waals surface area contributed by atoms with Crippen molar-refractivity contribution in [1.82, 2.24) is 5.32 Å². The van der Waals surface area contributed by atoms with Crippen LogP contribution in [0, 0.1) is 5.92 Å². The second kappa shape index (κ2) is 5.16. The first-order chi connectivity index (χ1) is 7.06. The quantitative estimate of drug-likeness (QED) is 0.858. The van der Waals surface area contributed by atoms with Gasteiger partial charge in [-0.3, -0.25) is 4.79 Å². The summed E-state index contributed by atoms with van der Waals surface area (Å²) in [4.78, 5) is 11.8. The monoisotopic (exact) mass is 227 g/mol.